The molecular formula is C22H29N3O5. The van der Waals surface area contributed by atoms with E-state index in [1.807, 2.05) is 23.1 Å². The van der Waals surface area contributed by atoms with Crippen molar-refractivity contribution in [3.63, 3.8) is 0 Å². The van der Waals surface area contributed by atoms with Gasteiger partial charge < -0.3 is 29.3 Å². The van der Waals surface area contributed by atoms with Crippen LogP contribution in [0, 0.1) is 0 Å². The van der Waals surface area contributed by atoms with E-state index in [0.717, 1.165) is 44.3 Å². The zero-order valence-corrected chi connectivity index (χ0v) is 17.2. The Hall–Kier alpha value is -2.48. The van der Waals surface area contributed by atoms with Crippen molar-refractivity contribution in [1.29, 1.82) is 0 Å². The van der Waals surface area contributed by atoms with Crippen LogP contribution in [0.2, 0.25) is 0 Å². The zero-order valence-electron chi connectivity index (χ0n) is 17.2. The van der Waals surface area contributed by atoms with E-state index < -0.39 is 5.79 Å². The van der Waals surface area contributed by atoms with Crippen molar-refractivity contribution in [3.8, 4) is 11.5 Å². The first-order valence-corrected chi connectivity index (χ1v) is 11.1. The SMILES string of the molecule is O=C(Nc1ccc2c(c1)OC1(CCCCC1)O2)N1CCN(C(=O)[C@@H]2CCCO2)CC1. The van der Waals surface area contributed by atoms with E-state index in [0.29, 0.717) is 44.2 Å². The zero-order chi connectivity index (χ0) is 20.6. The summed E-state index contributed by atoms with van der Waals surface area (Å²) in [5, 5.41) is 2.96. The summed E-state index contributed by atoms with van der Waals surface area (Å²) >= 11 is 0. The molecule has 3 fully saturated rings. The third-order valence-corrected chi connectivity index (χ3v) is 6.49. The van der Waals surface area contributed by atoms with Gasteiger partial charge in [0.05, 0.1) is 0 Å². The fourth-order valence-corrected chi connectivity index (χ4v) is 4.77. The van der Waals surface area contributed by atoms with Crippen molar-refractivity contribution in [2.24, 2.45) is 0 Å². The summed E-state index contributed by atoms with van der Waals surface area (Å²) in [5.74, 6) is 0.979. The Morgan fingerprint density at radius 2 is 1.67 bits per heavy atom. The van der Waals surface area contributed by atoms with E-state index in [9.17, 15) is 9.59 Å². The minimum absolute atomic E-state index is 0.0555. The van der Waals surface area contributed by atoms with Gasteiger partial charge in [0.1, 0.15) is 6.10 Å². The molecule has 2 saturated heterocycles. The maximum atomic E-state index is 12.7. The molecule has 1 spiro atoms. The van der Waals surface area contributed by atoms with Crippen molar-refractivity contribution in [1.82, 2.24) is 9.80 Å². The molecule has 0 unspecified atom stereocenters. The normalized spacial score (nSPS) is 24.9. The molecule has 3 heterocycles. The van der Waals surface area contributed by atoms with Gasteiger partial charge in [0, 0.05) is 57.4 Å². The third kappa shape index (κ3) is 3.80. The van der Waals surface area contributed by atoms with E-state index in [-0.39, 0.29) is 18.0 Å². The van der Waals surface area contributed by atoms with Crippen LogP contribution in [0.15, 0.2) is 18.2 Å². The van der Waals surface area contributed by atoms with Crippen molar-refractivity contribution < 1.29 is 23.8 Å². The largest absolute Gasteiger partial charge is 0.448 e. The van der Waals surface area contributed by atoms with Gasteiger partial charge in [-0.2, -0.15) is 0 Å². The molecule has 162 valence electrons. The average molecular weight is 415 g/mol. The second-order valence-corrected chi connectivity index (χ2v) is 8.58. The molecule has 0 radical (unpaired) electrons. The van der Waals surface area contributed by atoms with Gasteiger partial charge in [0.2, 0.25) is 0 Å². The van der Waals surface area contributed by atoms with E-state index in [2.05, 4.69) is 5.32 Å². The monoisotopic (exact) mass is 415 g/mol. The van der Waals surface area contributed by atoms with E-state index in [1.54, 1.807) is 4.90 Å². The topological polar surface area (TPSA) is 80.3 Å². The highest BCUT2D eigenvalue weighted by atomic mass is 16.7. The van der Waals surface area contributed by atoms with Crippen LogP contribution in [0.4, 0.5) is 10.5 Å². The molecule has 5 rings (SSSR count). The molecular weight excluding hydrogens is 386 g/mol. The fraction of sp³-hybridized carbons (Fsp3) is 0.636. The Morgan fingerprint density at radius 1 is 0.933 bits per heavy atom. The van der Waals surface area contributed by atoms with Gasteiger partial charge in [-0.15, -0.1) is 0 Å². The number of urea groups is 1. The van der Waals surface area contributed by atoms with Crippen LogP contribution in [0.25, 0.3) is 0 Å². The van der Waals surface area contributed by atoms with Crippen LogP contribution in [-0.4, -0.2) is 66.4 Å². The molecule has 0 bridgehead atoms. The van der Waals surface area contributed by atoms with Crippen LogP contribution in [0.5, 0.6) is 11.5 Å². The number of fused-ring (bicyclic) bond motifs is 1. The number of nitrogens with one attached hydrogen (secondary N) is 1. The van der Waals surface area contributed by atoms with Crippen molar-refractivity contribution in [2.75, 3.05) is 38.1 Å². The number of hydrogen-bond donors (Lipinski definition) is 1. The molecule has 1 aromatic rings. The number of benzene rings is 1. The van der Waals surface area contributed by atoms with Gasteiger partial charge in [-0.05, 0) is 37.8 Å². The predicted molar refractivity (Wildman–Crippen MR) is 110 cm³/mol. The Morgan fingerprint density at radius 3 is 2.40 bits per heavy atom. The molecule has 4 aliphatic rings. The molecule has 30 heavy (non-hydrogen) atoms. The van der Waals surface area contributed by atoms with Crippen LogP contribution in [-0.2, 0) is 9.53 Å². The first-order chi connectivity index (χ1) is 14.6. The minimum Gasteiger partial charge on any atom is -0.448 e. The number of anilines is 1. The Kier molecular flexibility index (Phi) is 5.18. The predicted octanol–water partition coefficient (Wildman–Crippen LogP) is 2.97. The van der Waals surface area contributed by atoms with E-state index in [1.165, 1.54) is 6.42 Å². The van der Waals surface area contributed by atoms with Gasteiger partial charge in [-0.1, -0.05) is 6.42 Å². The standard InChI is InChI=1S/C22H29N3O5/c26-20(18-5-4-14-28-18)24-10-12-25(13-11-24)21(27)23-16-6-7-17-19(15-16)30-22(29-17)8-2-1-3-9-22/h6-7,15,18H,1-5,8-14H2,(H,23,27)/t18-/m0/s1. The Labute approximate surface area is 176 Å². The number of nitrogens with zero attached hydrogens (tertiary/aromatic N) is 2. The first kappa shape index (κ1) is 19.5. The summed E-state index contributed by atoms with van der Waals surface area (Å²) in [7, 11) is 0. The summed E-state index contributed by atoms with van der Waals surface area (Å²) in [6, 6.07) is 5.39. The Balaban J connectivity index is 1.15. The van der Waals surface area contributed by atoms with Crippen LogP contribution < -0.4 is 14.8 Å². The number of ether oxygens (including phenoxy) is 3. The molecule has 3 amide bonds. The number of carbonyl (C=O) groups is 2. The summed E-state index contributed by atoms with van der Waals surface area (Å²) in [4.78, 5) is 28.7. The third-order valence-electron chi connectivity index (χ3n) is 6.49. The van der Waals surface area contributed by atoms with Crippen LogP contribution in [0.3, 0.4) is 0 Å². The number of amides is 3. The minimum atomic E-state index is -0.519. The van der Waals surface area contributed by atoms with E-state index in [4.69, 9.17) is 14.2 Å². The van der Waals surface area contributed by atoms with Crippen molar-refractivity contribution >= 4 is 17.6 Å². The van der Waals surface area contributed by atoms with Gasteiger partial charge >= 0.3 is 6.03 Å². The summed E-state index contributed by atoms with van der Waals surface area (Å²) in [6.45, 7) is 2.76. The van der Waals surface area contributed by atoms with Gasteiger partial charge in [0.15, 0.2) is 11.5 Å². The molecule has 3 aliphatic heterocycles. The highest BCUT2D eigenvalue weighted by Crippen LogP contribution is 2.46. The van der Waals surface area contributed by atoms with Crippen molar-refractivity contribution in [2.45, 2.75) is 56.8 Å². The number of piperazine rings is 1. The summed E-state index contributed by atoms with van der Waals surface area (Å²) in [6.07, 6.45) is 6.68. The molecule has 1 aromatic carbocycles. The summed E-state index contributed by atoms with van der Waals surface area (Å²) < 4.78 is 17.7. The molecule has 1 N–H and O–H groups in total. The highest BCUT2D eigenvalue weighted by molar-refractivity contribution is 5.90. The lowest BCUT2D eigenvalue weighted by molar-refractivity contribution is -0.142. The summed E-state index contributed by atoms with van der Waals surface area (Å²) in [5.41, 5.74) is 0.688. The lowest BCUT2D eigenvalue weighted by Gasteiger charge is -2.35. The maximum absolute atomic E-state index is 12.7. The Bertz CT molecular complexity index is 809. The number of hydrogen-bond acceptors (Lipinski definition) is 5. The van der Waals surface area contributed by atoms with Crippen LogP contribution >= 0.6 is 0 Å². The number of rotatable bonds is 2. The molecule has 1 aliphatic carbocycles. The smallest absolute Gasteiger partial charge is 0.321 e. The second-order valence-electron chi connectivity index (χ2n) is 8.58. The number of carbonyl (C=O) groups excluding carboxylic acids is 2. The first-order valence-electron chi connectivity index (χ1n) is 11.1. The molecule has 1 atom stereocenters. The second kappa shape index (κ2) is 7.98. The van der Waals surface area contributed by atoms with Crippen molar-refractivity contribution in [3.05, 3.63) is 18.2 Å². The molecule has 0 aromatic heterocycles. The molecule has 1 saturated carbocycles. The van der Waals surface area contributed by atoms with Crippen LogP contribution in [0.1, 0.15) is 44.9 Å². The lowest BCUT2D eigenvalue weighted by Crippen LogP contribution is -2.53. The fourth-order valence-electron chi connectivity index (χ4n) is 4.77. The maximum Gasteiger partial charge on any atom is 0.321 e. The average Bonchev–Trinajstić information content (AvgIpc) is 3.41. The highest BCUT2D eigenvalue weighted by Gasteiger charge is 2.42. The quantitative estimate of drug-likeness (QED) is 0.803. The molecule has 8 nitrogen and oxygen atoms in total. The van der Waals surface area contributed by atoms with Gasteiger partial charge in [0.25, 0.3) is 11.7 Å². The van der Waals surface area contributed by atoms with E-state index >= 15 is 0 Å². The van der Waals surface area contributed by atoms with Gasteiger partial charge in [-0.3, -0.25) is 4.79 Å². The molecule has 8 heteroatoms. The lowest BCUT2D eigenvalue weighted by atomic mass is 9.94. The van der Waals surface area contributed by atoms with Gasteiger partial charge in [-0.25, -0.2) is 4.79 Å².